The number of carbonyl (C=O) groups is 1. The van der Waals surface area contributed by atoms with E-state index in [9.17, 15) is 9.18 Å². The van der Waals surface area contributed by atoms with Gasteiger partial charge < -0.3 is 5.32 Å². The summed E-state index contributed by atoms with van der Waals surface area (Å²) in [6, 6.07) is 10.7. The molecule has 2 N–H and O–H groups in total. The van der Waals surface area contributed by atoms with E-state index in [0.717, 1.165) is 5.56 Å². The van der Waals surface area contributed by atoms with Crippen LogP contribution in [0.15, 0.2) is 61.1 Å². The van der Waals surface area contributed by atoms with Crippen molar-refractivity contribution in [3.05, 3.63) is 72.4 Å². The van der Waals surface area contributed by atoms with Crippen LogP contribution in [0.3, 0.4) is 0 Å². The first kappa shape index (κ1) is 14.7. The fraction of sp³-hybridized carbons (Fsp3) is 0.0625. The van der Waals surface area contributed by atoms with Crippen LogP contribution in [0, 0.1) is 5.82 Å². The Hall–Kier alpha value is -3.22. The Balaban J connectivity index is 1.59. The number of benzene rings is 1. The van der Waals surface area contributed by atoms with E-state index in [2.05, 4.69) is 20.7 Å². The molecule has 0 aliphatic carbocycles. The minimum atomic E-state index is -0.482. The van der Waals surface area contributed by atoms with Crippen LogP contribution >= 0.6 is 0 Å². The number of anilines is 2. The molecule has 0 saturated heterocycles. The third kappa shape index (κ3) is 4.13. The van der Waals surface area contributed by atoms with E-state index < -0.39 is 11.8 Å². The summed E-state index contributed by atoms with van der Waals surface area (Å²) < 4.78 is 14.8. The minimum absolute atomic E-state index is 0.374. The molecular weight excluding hydrogens is 297 g/mol. The topological polar surface area (TPSA) is 71.8 Å². The lowest BCUT2D eigenvalue weighted by atomic mass is 10.3. The van der Waals surface area contributed by atoms with E-state index >= 15 is 0 Å². The quantitative estimate of drug-likeness (QED) is 0.777. The molecule has 0 fully saturated rings. The van der Waals surface area contributed by atoms with E-state index in [1.165, 1.54) is 18.2 Å². The van der Waals surface area contributed by atoms with Gasteiger partial charge in [0, 0.05) is 30.3 Å². The Morgan fingerprint density at radius 1 is 1.13 bits per heavy atom. The first-order valence-corrected chi connectivity index (χ1v) is 6.95. The van der Waals surface area contributed by atoms with Crippen LogP contribution in [0.1, 0.15) is 5.56 Å². The number of hydrogen-bond acceptors (Lipinski definition) is 3. The van der Waals surface area contributed by atoms with Gasteiger partial charge in [-0.2, -0.15) is 5.10 Å². The van der Waals surface area contributed by atoms with Gasteiger partial charge in [-0.1, -0.05) is 6.07 Å². The second kappa shape index (κ2) is 6.69. The zero-order valence-electron chi connectivity index (χ0n) is 12.1. The van der Waals surface area contributed by atoms with Gasteiger partial charge in [0.15, 0.2) is 5.82 Å². The molecule has 0 saturated carbocycles. The molecule has 0 aliphatic heterocycles. The van der Waals surface area contributed by atoms with Gasteiger partial charge in [0.25, 0.3) is 0 Å². The van der Waals surface area contributed by atoms with Crippen LogP contribution in [0.5, 0.6) is 0 Å². The summed E-state index contributed by atoms with van der Waals surface area (Å²) in [5, 5.41) is 9.40. The molecule has 0 bridgehead atoms. The van der Waals surface area contributed by atoms with Crippen LogP contribution in [0.4, 0.5) is 20.7 Å². The Morgan fingerprint density at radius 2 is 1.96 bits per heavy atom. The summed E-state index contributed by atoms with van der Waals surface area (Å²) in [7, 11) is 0. The molecule has 0 unspecified atom stereocenters. The van der Waals surface area contributed by atoms with Gasteiger partial charge in [0.1, 0.15) is 5.82 Å². The number of carbonyl (C=O) groups excluding carboxylic acids is 1. The molecule has 2 aromatic heterocycles. The number of pyridine rings is 1. The highest BCUT2D eigenvalue weighted by Crippen LogP contribution is 2.10. The normalized spacial score (nSPS) is 10.3. The van der Waals surface area contributed by atoms with Crippen molar-refractivity contribution >= 4 is 17.5 Å². The Morgan fingerprint density at radius 3 is 2.74 bits per heavy atom. The van der Waals surface area contributed by atoms with Crippen LogP contribution in [-0.4, -0.2) is 20.8 Å². The van der Waals surface area contributed by atoms with E-state index in [1.54, 1.807) is 35.4 Å². The van der Waals surface area contributed by atoms with E-state index in [0.29, 0.717) is 18.1 Å². The Bertz CT molecular complexity index is 803. The molecule has 0 atom stereocenters. The zero-order valence-corrected chi connectivity index (χ0v) is 12.1. The number of rotatable bonds is 4. The number of hydrogen-bond donors (Lipinski definition) is 2. The van der Waals surface area contributed by atoms with E-state index in [4.69, 9.17) is 0 Å². The van der Waals surface area contributed by atoms with Crippen molar-refractivity contribution in [2.75, 3.05) is 10.6 Å². The first-order chi connectivity index (χ1) is 11.2. The molecule has 2 heterocycles. The van der Waals surface area contributed by atoms with Crippen molar-refractivity contribution in [2.24, 2.45) is 0 Å². The van der Waals surface area contributed by atoms with Crippen molar-refractivity contribution in [3.63, 3.8) is 0 Å². The molecule has 0 aliphatic rings. The van der Waals surface area contributed by atoms with Crippen molar-refractivity contribution in [1.29, 1.82) is 0 Å². The summed E-state index contributed by atoms with van der Waals surface area (Å²) >= 11 is 0. The molecule has 2 amide bonds. The average Bonchev–Trinajstić information content (AvgIpc) is 2.95. The molecule has 0 spiro atoms. The SMILES string of the molecule is O=C(Nc1cccc(F)c1)Nc1ccn(Cc2ccncc2)n1. The van der Waals surface area contributed by atoms with Crippen LogP contribution in [-0.2, 0) is 6.54 Å². The summed E-state index contributed by atoms with van der Waals surface area (Å²) in [6.45, 7) is 0.579. The molecule has 3 aromatic rings. The van der Waals surface area contributed by atoms with Crippen LogP contribution in [0.2, 0.25) is 0 Å². The van der Waals surface area contributed by atoms with E-state index in [1.807, 2.05) is 12.1 Å². The minimum Gasteiger partial charge on any atom is -0.308 e. The fourth-order valence-electron chi connectivity index (χ4n) is 2.04. The van der Waals surface area contributed by atoms with Gasteiger partial charge in [0.2, 0.25) is 0 Å². The first-order valence-electron chi connectivity index (χ1n) is 6.95. The van der Waals surface area contributed by atoms with Crippen molar-refractivity contribution in [2.45, 2.75) is 6.54 Å². The lowest BCUT2D eigenvalue weighted by molar-refractivity contribution is 0.262. The predicted octanol–water partition coefficient (Wildman–Crippen LogP) is 3.11. The van der Waals surface area contributed by atoms with Gasteiger partial charge in [-0.3, -0.25) is 15.0 Å². The molecule has 23 heavy (non-hydrogen) atoms. The second-order valence-corrected chi connectivity index (χ2v) is 4.84. The van der Waals surface area contributed by atoms with Crippen molar-refractivity contribution in [1.82, 2.24) is 14.8 Å². The Kier molecular flexibility index (Phi) is 4.28. The molecule has 1 aromatic carbocycles. The van der Waals surface area contributed by atoms with Gasteiger partial charge >= 0.3 is 6.03 Å². The maximum absolute atomic E-state index is 13.1. The summed E-state index contributed by atoms with van der Waals surface area (Å²) in [6.07, 6.45) is 5.19. The standard InChI is InChI=1S/C16H14FN5O/c17-13-2-1-3-14(10-13)19-16(23)20-15-6-9-22(21-15)11-12-4-7-18-8-5-12/h1-10H,11H2,(H2,19,20,21,23). The van der Waals surface area contributed by atoms with Crippen molar-refractivity contribution < 1.29 is 9.18 Å². The number of halogens is 1. The summed E-state index contributed by atoms with van der Waals surface area (Å²) in [5.41, 5.74) is 1.43. The lowest BCUT2D eigenvalue weighted by Gasteiger charge is -2.05. The highest BCUT2D eigenvalue weighted by molar-refractivity contribution is 5.99. The van der Waals surface area contributed by atoms with Crippen LogP contribution in [0.25, 0.3) is 0 Å². The average molecular weight is 311 g/mol. The predicted molar refractivity (Wildman–Crippen MR) is 84.6 cm³/mol. The highest BCUT2D eigenvalue weighted by Gasteiger charge is 2.06. The second-order valence-electron chi connectivity index (χ2n) is 4.84. The maximum atomic E-state index is 13.1. The maximum Gasteiger partial charge on any atom is 0.324 e. The third-order valence-electron chi connectivity index (χ3n) is 3.06. The molecular formula is C16H14FN5O. The highest BCUT2D eigenvalue weighted by atomic mass is 19.1. The van der Waals surface area contributed by atoms with E-state index in [-0.39, 0.29) is 0 Å². The number of aromatic nitrogens is 3. The smallest absolute Gasteiger partial charge is 0.308 e. The number of nitrogens with zero attached hydrogens (tertiary/aromatic N) is 3. The van der Waals surface area contributed by atoms with Gasteiger partial charge in [-0.15, -0.1) is 0 Å². The molecule has 7 heteroatoms. The van der Waals surface area contributed by atoms with Crippen LogP contribution < -0.4 is 10.6 Å². The van der Waals surface area contributed by atoms with Gasteiger partial charge in [0.05, 0.1) is 6.54 Å². The molecule has 6 nitrogen and oxygen atoms in total. The molecule has 3 rings (SSSR count). The zero-order chi connectivity index (χ0) is 16.1. The largest absolute Gasteiger partial charge is 0.324 e. The Labute approximate surface area is 132 Å². The third-order valence-corrected chi connectivity index (χ3v) is 3.06. The monoisotopic (exact) mass is 311 g/mol. The molecule has 0 radical (unpaired) electrons. The van der Waals surface area contributed by atoms with Gasteiger partial charge in [-0.05, 0) is 35.9 Å². The number of nitrogens with one attached hydrogen (secondary N) is 2. The fourth-order valence-corrected chi connectivity index (χ4v) is 2.04. The van der Waals surface area contributed by atoms with Gasteiger partial charge in [-0.25, -0.2) is 9.18 Å². The number of urea groups is 1. The number of amides is 2. The lowest BCUT2D eigenvalue weighted by Crippen LogP contribution is -2.20. The van der Waals surface area contributed by atoms with Crippen molar-refractivity contribution in [3.8, 4) is 0 Å². The summed E-state index contributed by atoms with van der Waals surface area (Å²) in [4.78, 5) is 15.8. The summed E-state index contributed by atoms with van der Waals surface area (Å²) in [5.74, 6) is -0.00242. The molecule has 116 valence electrons.